The number of nitrogens with zero attached hydrogens (tertiary/aromatic N) is 2. The van der Waals surface area contributed by atoms with Gasteiger partial charge in [0.2, 0.25) is 5.95 Å². The van der Waals surface area contributed by atoms with Gasteiger partial charge in [0, 0.05) is 6.20 Å². The van der Waals surface area contributed by atoms with Crippen LogP contribution in [0.1, 0.15) is 27.0 Å². The van der Waals surface area contributed by atoms with Crippen LogP contribution in [0.2, 0.25) is 0 Å². The summed E-state index contributed by atoms with van der Waals surface area (Å²) in [6.45, 7) is 3.09. The SMILES string of the molecule is CC(C)OC(=O)[C@H](C)C[P@](=O)(OC[C@H]1O[C@@H](n2cc(F)c3c(=O)[nH]c(N)nc32)C(N)(C#CCF)[C@H]1O)Oc1ccccc1. The lowest BCUT2D eigenvalue weighted by Crippen LogP contribution is -2.53. The summed E-state index contributed by atoms with van der Waals surface area (Å²) in [6.07, 6.45) is -4.59. The molecular weight excluding hydrogens is 591 g/mol. The summed E-state index contributed by atoms with van der Waals surface area (Å²) in [5, 5.41) is 10.8. The molecule has 0 aliphatic carbocycles. The first-order valence-corrected chi connectivity index (χ1v) is 14.9. The van der Waals surface area contributed by atoms with E-state index in [0.29, 0.717) is 0 Å². The number of carbonyl (C=O) groups is 1. The van der Waals surface area contributed by atoms with Crippen molar-refractivity contribution in [2.75, 3.05) is 25.2 Å². The molecule has 0 saturated carbocycles. The number of hydrogen-bond acceptors (Lipinski definition) is 11. The molecule has 0 radical (unpaired) electrons. The van der Waals surface area contributed by atoms with Gasteiger partial charge in [0.15, 0.2) is 23.2 Å². The Balaban J connectivity index is 1.66. The maximum Gasteiger partial charge on any atom is 0.380 e. The minimum atomic E-state index is -4.15. The van der Waals surface area contributed by atoms with Gasteiger partial charge in [0.05, 0.1) is 24.8 Å². The number of halogens is 2. The lowest BCUT2D eigenvalue weighted by atomic mass is 9.91. The van der Waals surface area contributed by atoms with E-state index in [1.807, 2.05) is 0 Å². The smallest absolute Gasteiger partial charge is 0.380 e. The number of alkyl halides is 1. The van der Waals surface area contributed by atoms with Crippen LogP contribution >= 0.6 is 7.60 Å². The van der Waals surface area contributed by atoms with Gasteiger partial charge in [-0.25, -0.2) is 13.3 Å². The van der Waals surface area contributed by atoms with Crippen LogP contribution in [0, 0.1) is 23.6 Å². The van der Waals surface area contributed by atoms with E-state index in [1.54, 1.807) is 32.0 Å². The molecule has 3 heterocycles. The van der Waals surface area contributed by atoms with Gasteiger partial charge < -0.3 is 30.6 Å². The third-order valence-electron chi connectivity index (χ3n) is 6.51. The van der Waals surface area contributed by atoms with Gasteiger partial charge in [-0.3, -0.25) is 23.7 Å². The molecule has 13 nitrogen and oxygen atoms in total. The molecule has 1 fully saturated rings. The van der Waals surface area contributed by atoms with Gasteiger partial charge in [-0.1, -0.05) is 37.0 Å². The van der Waals surface area contributed by atoms with Crippen molar-refractivity contribution >= 4 is 30.5 Å². The number of fused-ring (bicyclic) bond motifs is 1. The number of esters is 1. The fraction of sp³-hybridized carbons (Fsp3) is 0.444. The first kappa shape index (κ1) is 32.1. The highest BCUT2D eigenvalue weighted by molar-refractivity contribution is 7.54. The quantitative estimate of drug-likeness (QED) is 0.147. The van der Waals surface area contributed by atoms with Crippen LogP contribution < -0.4 is 21.6 Å². The third kappa shape index (κ3) is 6.90. The van der Waals surface area contributed by atoms with Gasteiger partial charge in [0.25, 0.3) is 5.56 Å². The summed E-state index contributed by atoms with van der Waals surface area (Å²) >= 11 is 0. The van der Waals surface area contributed by atoms with Crippen molar-refractivity contribution in [3.63, 3.8) is 0 Å². The maximum atomic E-state index is 14.8. The number of aromatic nitrogens is 3. The number of aliphatic hydroxyl groups excluding tert-OH is 1. The minimum absolute atomic E-state index is 0.186. The van der Waals surface area contributed by atoms with E-state index in [-0.39, 0.29) is 17.3 Å². The van der Waals surface area contributed by atoms with Crippen LogP contribution in [0.4, 0.5) is 14.7 Å². The number of benzene rings is 1. The molecule has 1 aliphatic rings. The molecule has 6 N–H and O–H groups in total. The molecule has 0 spiro atoms. The van der Waals surface area contributed by atoms with Crippen LogP contribution in [0.3, 0.4) is 0 Å². The second kappa shape index (κ2) is 12.8. The molecule has 0 amide bonds. The molecule has 43 heavy (non-hydrogen) atoms. The topological polar surface area (TPSA) is 194 Å². The van der Waals surface area contributed by atoms with Crippen molar-refractivity contribution in [2.24, 2.45) is 11.7 Å². The number of rotatable bonds is 10. The summed E-state index contributed by atoms with van der Waals surface area (Å²) in [4.78, 5) is 31.0. The van der Waals surface area contributed by atoms with E-state index in [9.17, 15) is 28.0 Å². The second-order valence-corrected chi connectivity index (χ2v) is 12.3. The minimum Gasteiger partial charge on any atom is -0.463 e. The Morgan fingerprint density at radius 2 is 2.02 bits per heavy atom. The number of nitrogen functional groups attached to an aromatic ring is 1. The molecule has 1 aliphatic heterocycles. The number of anilines is 1. The van der Waals surface area contributed by atoms with Crippen molar-refractivity contribution in [1.82, 2.24) is 14.5 Å². The van der Waals surface area contributed by atoms with Gasteiger partial charge in [-0.05, 0) is 26.0 Å². The molecule has 6 atom stereocenters. The molecule has 16 heteroatoms. The van der Waals surface area contributed by atoms with Gasteiger partial charge in [-0.15, -0.1) is 0 Å². The second-order valence-electron chi connectivity index (χ2n) is 10.3. The number of nitrogens with two attached hydrogens (primary N) is 2. The third-order valence-corrected chi connectivity index (χ3v) is 8.53. The number of H-pyrrole nitrogens is 1. The highest BCUT2D eigenvalue weighted by Crippen LogP contribution is 2.51. The average Bonchev–Trinajstić information content (AvgIpc) is 3.39. The van der Waals surface area contributed by atoms with Crippen LogP contribution in [0.5, 0.6) is 5.75 Å². The summed E-state index contributed by atoms with van der Waals surface area (Å²) in [5.41, 5.74) is 8.86. The standard InChI is InChI=1S/C27H32F2N5O8P/c1-15(2)40-24(37)16(3)14-43(38,42-17-8-5-4-6-9-17)39-13-19-21(35)27(31,10-7-11-28)25(41-19)34-12-18(29)20-22(34)32-26(30)33-23(20)36/h4-6,8-9,12,15-16,19,21,25,35H,11,13-14,31H2,1-3H3,(H3,30,32,33,36)/t16-,19-,21+,25-,27?,43+/m1/s1. The normalized spacial score (nSPS) is 23.9. The number of ether oxygens (including phenoxy) is 2. The number of nitrogens with one attached hydrogen (secondary N) is 1. The summed E-state index contributed by atoms with van der Waals surface area (Å²) in [6, 6.07) is 8.07. The van der Waals surface area contributed by atoms with Crippen molar-refractivity contribution in [3.8, 4) is 17.6 Å². The number of carbonyl (C=O) groups excluding carboxylic acids is 1. The zero-order valence-electron chi connectivity index (χ0n) is 23.5. The largest absolute Gasteiger partial charge is 0.463 e. The molecule has 1 aromatic carbocycles. The Morgan fingerprint density at radius 1 is 1.33 bits per heavy atom. The highest BCUT2D eigenvalue weighted by Gasteiger charge is 2.55. The molecule has 1 saturated heterocycles. The molecule has 2 aromatic heterocycles. The number of hydrogen-bond donors (Lipinski definition) is 4. The maximum absolute atomic E-state index is 14.8. The number of para-hydroxylation sites is 1. The first-order chi connectivity index (χ1) is 20.3. The van der Waals surface area contributed by atoms with E-state index >= 15 is 0 Å². The summed E-state index contributed by atoms with van der Waals surface area (Å²) in [7, 11) is -4.15. The summed E-state index contributed by atoms with van der Waals surface area (Å²) < 4.78 is 65.5. The van der Waals surface area contributed by atoms with Crippen molar-refractivity contribution in [3.05, 3.63) is 52.7 Å². The zero-order chi connectivity index (χ0) is 31.5. The Morgan fingerprint density at radius 3 is 2.67 bits per heavy atom. The van der Waals surface area contributed by atoms with Crippen LogP contribution in [0.15, 0.2) is 41.3 Å². The zero-order valence-corrected chi connectivity index (χ0v) is 24.4. The molecule has 1 unspecified atom stereocenters. The van der Waals surface area contributed by atoms with Crippen LogP contribution in [0.25, 0.3) is 11.0 Å². The average molecular weight is 624 g/mol. The number of aromatic amines is 1. The number of aliphatic hydroxyl groups is 1. The Labute approximate surface area is 245 Å². The monoisotopic (exact) mass is 623 g/mol. The van der Waals surface area contributed by atoms with Crippen LogP contribution in [-0.4, -0.2) is 68.9 Å². The van der Waals surface area contributed by atoms with E-state index in [1.165, 1.54) is 19.1 Å². The molecule has 232 valence electrons. The van der Waals surface area contributed by atoms with Gasteiger partial charge in [0.1, 0.15) is 30.0 Å². The lowest BCUT2D eigenvalue weighted by molar-refractivity contribution is -0.151. The molecule has 3 aromatic rings. The highest BCUT2D eigenvalue weighted by atomic mass is 31.2. The van der Waals surface area contributed by atoms with Gasteiger partial charge in [-0.2, -0.15) is 4.98 Å². The lowest BCUT2D eigenvalue weighted by Gasteiger charge is -2.28. The van der Waals surface area contributed by atoms with Gasteiger partial charge >= 0.3 is 13.6 Å². The van der Waals surface area contributed by atoms with E-state index < -0.39 is 85.8 Å². The van der Waals surface area contributed by atoms with E-state index in [2.05, 4.69) is 21.8 Å². The molecule has 4 rings (SSSR count). The van der Waals surface area contributed by atoms with Crippen molar-refractivity contribution in [2.45, 2.75) is 50.8 Å². The fourth-order valence-electron chi connectivity index (χ4n) is 4.57. The molecule has 0 bridgehead atoms. The predicted molar refractivity (Wildman–Crippen MR) is 151 cm³/mol. The summed E-state index contributed by atoms with van der Waals surface area (Å²) in [5.74, 6) is 1.88. The van der Waals surface area contributed by atoms with E-state index in [4.69, 9.17) is 30.0 Å². The first-order valence-electron chi connectivity index (χ1n) is 13.2. The van der Waals surface area contributed by atoms with Crippen molar-refractivity contribution in [1.29, 1.82) is 0 Å². The predicted octanol–water partition coefficient (Wildman–Crippen LogP) is 2.25. The fourth-order valence-corrected chi connectivity index (χ4v) is 6.43. The Bertz CT molecular complexity index is 1640. The molecular formula is C27H32F2N5O8P. The van der Waals surface area contributed by atoms with Crippen LogP contribution in [-0.2, 0) is 23.4 Å². The van der Waals surface area contributed by atoms with E-state index in [0.717, 1.165) is 10.8 Å². The Hall–Kier alpha value is -3.80. The van der Waals surface area contributed by atoms with Crippen molar-refractivity contribution < 1.29 is 41.8 Å². The Kier molecular flexibility index (Phi) is 9.58.